The zero-order valence-electron chi connectivity index (χ0n) is 10.00. The van der Waals surface area contributed by atoms with E-state index < -0.39 is 0 Å². The van der Waals surface area contributed by atoms with Crippen molar-refractivity contribution in [3.63, 3.8) is 0 Å². The van der Waals surface area contributed by atoms with E-state index >= 15 is 0 Å². The third-order valence-electron chi connectivity index (χ3n) is 2.38. The summed E-state index contributed by atoms with van der Waals surface area (Å²) in [4.78, 5) is 11.4. The Morgan fingerprint density at radius 3 is 2.88 bits per heavy atom. The molecule has 94 valence electrons. The van der Waals surface area contributed by atoms with Crippen molar-refractivity contribution in [1.82, 2.24) is 5.32 Å². The van der Waals surface area contributed by atoms with E-state index in [4.69, 9.17) is 22.1 Å². The Balaban J connectivity index is 2.58. The molecule has 3 N–H and O–H groups in total. The number of esters is 1. The van der Waals surface area contributed by atoms with E-state index in [0.717, 1.165) is 5.56 Å². The van der Waals surface area contributed by atoms with Crippen LogP contribution in [0.25, 0.3) is 0 Å². The van der Waals surface area contributed by atoms with Gasteiger partial charge in [-0.25, -0.2) is 0 Å². The Labute approximate surface area is 106 Å². The molecule has 1 aromatic rings. The van der Waals surface area contributed by atoms with Gasteiger partial charge in [0, 0.05) is 22.8 Å². The van der Waals surface area contributed by atoms with Crippen molar-refractivity contribution in [3.8, 4) is 0 Å². The van der Waals surface area contributed by atoms with Crippen LogP contribution < -0.4 is 11.1 Å². The van der Waals surface area contributed by atoms with E-state index in [1.54, 1.807) is 32.0 Å². The number of rotatable bonds is 5. The lowest BCUT2D eigenvalue weighted by Crippen LogP contribution is -2.35. The van der Waals surface area contributed by atoms with Gasteiger partial charge in [-0.3, -0.25) is 4.79 Å². The van der Waals surface area contributed by atoms with Crippen molar-refractivity contribution >= 4 is 23.3 Å². The van der Waals surface area contributed by atoms with Crippen LogP contribution in [-0.2, 0) is 16.1 Å². The van der Waals surface area contributed by atoms with Crippen LogP contribution in [0.2, 0.25) is 5.02 Å². The first-order valence-electron chi connectivity index (χ1n) is 5.49. The number of carbonyl (C=O) groups is 1. The molecule has 0 saturated carbocycles. The minimum Gasteiger partial charge on any atom is -0.465 e. The minimum absolute atomic E-state index is 0.280. The maximum atomic E-state index is 11.4. The van der Waals surface area contributed by atoms with Crippen molar-refractivity contribution in [2.24, 2.45) is 0 Å². The highest BCUT2D eigenvalue weighted by atomic mass is 35.5. The van der Waals surface area contributed by atoms with Crippen LogP contribution >= 0.6 is 11.6 Å². The molecule has 0 aliphatic carbocycles. The Morgan fingerprint density at radius 2 is 2.29 bits per heavy atom. The van der Waals surface area contributed by atoms with Gasteiger partial charge < -0.3 is 15.8 Å². The topological polar surface area (TPSA) is 64.3 Å². The molecular formula is C12H17ClN2O2. The summed E-state index contributed by atoms with van der Waals surface area (Å²) in [6, 6.07) is 4.95. The van der Waals surface area contributed by atoms with Gasteiger partial charge in [-0.1, -0.05) is 17.7 Å². The van der Waals surface area contributed by atoms with Gasteiger partial charge in [0.15, 0.2) is 0 Å². The van der Waals surface area contributed by atoms with Crippen molar-refractivity contribution in [2.45, 2.75) is 26.4 Å². The van der Waals surface area contributed by atoms with E-state index in [-0.39, 0.29) is 12.0 Å². The molecule has 1 rings (SSSR count). The smallest absolute Gasteiger partial charge is 0.322 e. The highest BCUT2D eigenvalue weighted by molar-refractivity contribution is 6.31. The lowest BCUT2D eigenvalue weighted by Gasteiger charge is -2.14. The van der Waals surface area contributed by atoms with Crippen LogP contribution in [0.5, 0.6) is 0 Å². The molecule has 4 nitrogen and oxygen atoms in total. The second-order valence-corrected chi connectivity index (χ2v) is 4.07. The van der Waals surface area contributed by atoms with Crippen LogP contribution in [0.3, 0.4) is 0 Å². The number of halogens is 1. The number of nitrogen functional groups attached to an aromatic ring is 1. The number of ether oxygens (including phenoxy) is 1. The monoisotopic (exact) mass is 256 g/mol. The molecule has 0 aliphatic heterocycles. The molecular weight excluding hydrogens is 240 g/mol. The van der Waals surface area contributed by atoms with Crippen LogP contribution in [0.4, 0.5) is 5.69 Å². The molecule has 0 amide bonds. The van der Waals surface area contributed by atoms with Crippen LogP contribution in [-0.4, -0.2) is 18.6 Å². The summed E-state index contributed by atoms with van der Waals surface area (Å²) in [5, 5.41) is 3.62. The molecule has 0 spiro atoms. The summed E-state index contributed by atoms with van der Waals surface area (Å²) in [5.41, 5.74) is 7.21. The second-order valence-electron chi connectivity index (χ2n) is 3.66. The van der Waals surface area contributed by atoms with Crippen LogP contribution in [0.1, 0.15) is 19.4 Å². The normalized spacial score (nSPS) is 12.2. The van der Waals surface area contributed by atoms with Crippen molar-refractivity contribution in [2.75, 3.05) is 12.3 Å². The highest BCUT2D eigenvalue weighted by Crippen LogP contribution is 2.21. The van der Waals surface area contributed by atoms with Gasteiger partial charge in [0.1, 0.15) is 6.04 Å². The Kier molecular flexibility index (Phi) is 5.25. The number of hydrogen-bond acceptors (Lipinski definition) is 4. The fraction of sp³-hybridized carbons (Fsp3) is 0.417. The second kappa shape index (κ2) is 6.47. The van der Waals surface area contributed by atoms with Crippen LogP contribution in [0, 0.1) is 0 Å². The number of anilines is 1. The predicted molar refractivity (Wildman–Crippen MR) is 68.8 cm³/mol. The minimum atomic E-state index is -0.384. The van der Waals surface area contributed by atoms with Gasteiger partial charge in [0.05, 0.1) is 6.61 Å². The lowest BCUT2D eigenvalue weighted by atomic mass is 10.1. The highest BCUT2D eigenvalue weighted by Gasteiger charge is 2.14. The number of carbonyl (C=O) groups excluding carboxylic acids is 1. The summed E-state index contributed by atoms with van der Waals surface area (Å²) in [6.07, 6.45) is 0. The Bertz CT molecular complexity index is 376. The molecule has 5 heteroatoms. The third kappa shape index (κ3) is 3.91. The van der Waals surface area contributed by atoms with Gasteiger partial charge in [-0.05, 0) is 26.0 Å². The molecule has 0 aliphatic rings. The van der Waals surface area contributed by atoms with Gasteiger partial charge >= 0.3 is 5.97 Å². The molecule has 0 fully saturated rings. The van der Waals surface area contributed by atoms with Crippen molar-refractivity contribution in [1.29, 1.82) is 0 Å². The maximum absolute atomic E-state index is 11.4. The molecule has 1 atom stereocenters. The molecule has 0 radical (unpaired) electrons. The third-order valence-corrected chi connectivity index (χ3v) is 2.73. The fourth-order valence-corrected chi connectivity index (χ4v) is 1.62. The Morgan fingerprint density at radius 1 is 1.59 bits per heavy atom. The number of benzene rings is 1. The van der Waals surface area contributed by atoms with E-state index in [9.17, 15) is 4.79 Å². The summed E-state index contributed by atoms with van der Waals surface area (Å²) in [5.74, 6) is -0.280. The van der Waals surface area contributed by atoms with E-state index in [0.29, 0.717) is 23.9 Å². The molecule has 0 saturated heterocycles. The maximum Gasteiger partial charge on any atom is 0.322 e. The number of nitrogens with two attached hydrogens (primary N) is 1. The standard InChI is InChI=1S/C12H17ClN2O2/c1-3-17-12(16)8(2)15-7-9-10(13)5-4-6-11(9)14/h4-6,8,15H,3,7,14H2,1-2H3/t8-/m0/s1. The van der Waals surface area contributed by atoms with Crippen LogP contribution in [0.15, 0.2) is 18.2 Å². The molecule has 0 bridgehead atoms. The number of hydrogen-bond donors (Lipinski definition) is 2. The quantitative estimate of drug-likeness (QED) is 0.624. The first-order valence-corrected chi connectivity index (χ1v) is 5.87. The van der Waals surface area contributed by atoms with Crippen molar-refractivity contribution < 1.29 is 9.53 Å². The first kappa shape index (κ1) is 13.8. The molecule has 0 unspecified atom stereocenters. The molecule has 0 aromatic heterocycles. The fourth-order valence-electron chi connectivity index (χ4n) is 1.37. The van der Waals surface area contributed by atoms with E-state index in [2.05, 4.69) is 5.32 Å². The average Bonchev–Trinajstić information content (AvgIpc) is 2.28. The molecule has 1 aromatic carbocycles. The average molecular weight is 257 g/mol. The van der Waals surface area contributed by atoms with Gasteiger partial charge in [-0.15, -0.1) is 0 Å². The van der Waals surface area contributed by atoms with E-state index in [1.807, 2.05) is 0 Å². The summed E-state index contributed by atoms with van der Waals surface area (Å²) in [6.45, 7) is 4.33. The van der Waals surface area contributed by atoms with Crippen molar-refractivity contribution in [3.05, 3.63) is 28.8 Å². The summed E-state index contributed by atoms with van der Waals surface area (Å²) < 4.78 is 4.89. The summed E-state index contributed by atoms with van der Waals surface area (Å²) in [7, 11) is 0. The zero-order chi connectivity index (χ0) is 12.8. The van der Waals surface area contributed by atoms with Gasteiger partial charge in [0.2, 0.25) is 0 Å². The largest absolute Gasteiger partial charge is 0.465 e. The zero-order valence-corrected chi connectivity index (χ0v) is 10.8. The Hall–Kier alpha value is -1.26. The predicted octanol–water partition coefficient (Wildman–Crippen LogP) is 1.96. The summed E-state index contributed by atoms with van der Waals surface area (Å²) >= 11 is 6.02. The van der Waals surface area contributed by atoms with E-state index in [1.165, 1.54) is 0 Å². The lowest BCUT2D eigenvalue weighted by molar-refractivity contribution is -0.145. The van der Waals surface area contributed by atoms with Gasteiger partial charge in [-0.2, -0.15) is 0 Å². The number of nitrogens with one attached hydrogen (secondary N) is 1. The molecule has 17 heavy (non-hydrogen) atoms. The first-order chi connectivity index (χ1) is 8.06. The SMILES string of the molecule is CCOC(=O)[C@H](C)NCc1c(N)cccc1Cl. The van der Waals surface area contributed by atoms with Gasteiger partial charge in [0.25, 0.3) is 0 Å². The molecule has 0 heterocycles.